The van der Waals surface area contributed by atoms with Crippen molar-refractivity contribution in [3.63, 3.8) is 0 Å². The summed E-state index contributed by atoms with van der Waals surface area (Å²) in [5.41, 5.74) is 2.86. The number of hydrogen-bond donors (Lipinski definition) is 0. The molecule has 0 N–H and O–H groups in total. The summed E-state index contributed by atoms with van der Waals surface area (Å²) in [6, 6.07) is 0. The van der Waals surface area contributed by atoms with Crippen molar-refractivity contribution in [2.75, 3.05) is 0 Å². The number of rotatable bonds is 3. The molecule has 0 nitrogen and oxygen atoms in total. The number of hydrogen-bond acceptors (Lipinski definition) is 0. The lowest BCUT2D eigenvalue weighted by Crippen LogP contribution is -2.09. The second-order valence-electron chi connectivity index (χ2n) is 3.39. The Morgan fingerprint density at radius 1 is 1.42 bits per heavy atom. The molecule has 1 atom stereocenters. The molecular formula is C12H18. The molecule has 0 spiro atoms. The maximum absolute atomic E-state index is 3.88. The molecule has 0 aliphatic heterocycles. The molecule has 0 heterocycles. The lowest BCUT2D eigenvalue weighted by molar-refractivity contribution is 0.499. The maximum Gasteiger partial charge on any atom is -0.0162 e. The van der Waals surface area contributed by atoms with Gasteiger partial charge in [0.2, 0.25) is 0 Å². The van der Waals surface area contributed by atoms with E-state index < -0.39 is 0 Å². The van der Waals surface area contributed by atoms with Gasteiger partial charge >= 0.3 is 0 Å². The van der Waals surface area contributed by atoms with Gasteiger partial charge in [0.05, 0.1) is 0 Å². The number of allylic oxidation sites excluding steroid dienone is 4. The van der Waals surface area contributed by atoms with Crippen molar-refractivity contribution in [1.29, 1.82) is 0 Å². The molecule has 0 aromatic heterocycles. The highest BCUT2D eigenvalue weighted by molar-refractivity contribution is 5.34. The lowest BCUT2D eigenvalue weighted by atomic mass is 9.81. The summed E-state index contributed by atoms with van der Waals surface area (Å²) in [5.74, 6) is 0.740. The minimum atomic E-state index is 0.740. The topological polar surface area (TPSA) is 0 Å². The summed E-state index contributed by atoms with van der Waals surface area (Å²) in [6.07, 6.45) is 9.09. The van der Waals surface area contributed by atoms with Crippen molar-refractivity contribution in [1.82, 2.24) is 0 Å². The molecule has 66 valence electrons. The molecule has 12 heavy (non-hydrogen) atoms. The highest BCUT2D eigenvalue weighted by Gasteiger charge is 2.17. The van der Waals surface area contributed by atoms with E-state index in [1.165, 1.54) is 36.8 Å². The summed E-state index contributed by atoms with van der Waals surface area (Å²) in [7, 11) is 0. The van der Waals surface area contributed by atoms with E-state index in [9.17, 15) is 0 Å². The van der Waals surface area contributed by atoms with E-state index in [0.29, 0.717) is 0 Å². The van der Waals surface area contributed by atoms with E-state index in [1.807, 2.05) is 12.2 Å². The van der Waals surface area contributed by atoms with Gasteiger partial charge in [0.1, 0.15) is 0 Å². The first-order valence-corrected chi connectivity index (χ1v) is 4.81. The first kappa shape index (κ1) is 9.31. The molecule has 0 bridgehead atoms. The minimum absolute atomic E-state index is 0.740. The van der Waals surface area contributed by atoms with Crippen LogP contribution in [-0.4, -0.2) is 0 Å². The standard InChI is InChI=1S/C12H18/c1-4-10-8-7-9-11(5-2)12(10)6-3/h4,6,11H,1,3,5,7-9H2,2H3. The van der Waals surface area contributed by atoms with Crippen LogP contribution in [0.5, 0.6) is 0 Å². The van der Waals surface area contributed by atoms with Crippen LogP contribution >= 0.6 is 0 Å². The highest BCUT2D eigenvalue weighted by Crippen LogP contribution is 2.33. The van der Waals surface area contributed by atoms with Crippen LogP contribution in [0.2, 0.25) is 0 Å². The second-order valence-corrected chi connectivity index (χ2v) is 3.39. The average molecular weight is 162 g/mol. The summed E-state index contributed by atoms with van der Waals surface area (Å²) in [5, 5.41) is 0. The largest absolute Gasteiger partial charge is 0.0988 e. The summed E-state index contributed by atoms with van der Waals surface area (Å²) < 4.78 is 0. The van der Waals surface area contributed by atoms with Gasteiger partial charge in [-0.15, -0.1) is 0 Å². The van der Waals surface area contributed by atoms with Gasteiger partial charge in [-0.05, 0) is 42.7 Å². The van der Waals surface area contributed by atoms with Gasteiger partial charge in [0.25, 0.3) is 0 Å². The first-order valence-electron chi connectivity index (χ1n) is 4.81. The van der Waals surface area contributed by atoms with E-state index in [4.69, 9.17) is 0 Å². The van der Waals surface area contributed by atoms with E-state index in [2.05, 4.69) is 20.1 Å². The molecule has 1 unspecified atom stereocenters. The van der Waals surface area contributed by atoms with E-state index in [-0.39, 0.29) is 0 Å². The average Bonchev–Trinajstić information content (AvgIpc) is 2.16. The zero-order valence-electron chi connectivity index (χ0n) is 7.97. The fourth-order valence-electron chi connectivity index (χ4n) is 2.04. The van der Waals surface area contributed by atoms with Crippen molar-refractivity contribution in [3.8, 4) is 0 Å². The van der Waals surface area contributed by atoms with Gasteiger partial charge in [-0.1, -0.05) is 32.2 Å². The maximum atomic E-state index is 3.88. The molecule has 0 fully saturated rings. The fourth-order valence-corrected chi connectivity index (χ4v) is 2.04. The molecule has 0 heteroatoms. The van der Waals surface area contributed by atoms with Crippen molar-refractivity contribution >= 4 is 0 Å². The Bertz CT molecular complexity index is 208. The molecule has 1 aliphatic rings. The van der Waals surface area contributed by atoms with Crippen LogP contribution in [0.25, 0.3) is 0 Å². The van der Waals surface area contributed by atoms with Crippen LogP contribution in [0.4, 0.5) is 0 Å². The smallest absolute Gasteiger partial charge is 0.0162 e. The predicted molar refractivity (Wildman–Crippen MR) is 55.1 cm³/mol. The third kappa shape index (κ3) is 1.69. The molecule has 0 aromatic rings. The Kier molecular flexibility index (Phi) is 3.33. The van der Waals surface area contributed by atoms with Gasteiger partial charge in [-0.3, -0.25) is 0 Å². The van der Waals surface area contributed by atoms with Crippen LogP contribution in [0, 0.1) is 5.92 Å². The van der Waals surface area contributed by atoms with Gasteiger partial charge in [-0.25, -0.2) is 0 Å². The first-order chi connectivity index (χ1) is 5.83. The Morgan fingerprint density at radius 3 is 2.67 bits per heavy atom. The SMILES string of the molecule is C=CC1=C(C=C)C(CC)CCC1. The third-order valence-corrected chi connectivity index (χ3v) is 2.77. The second kappa shape index (κ2) is 4.30. The monoisotopic (exact) mass is 162 g/mol. The van der Waals surface area contributed by atoms with Crippen LogP contribution in [0.1, 0.15) is 32.6 Å². The van der Waals surface area contributed by atoms with Crippen molar-refractivity contribution < 1.29 is 0 Å². The summed E-state index contributed by atoms with van der Waals surface area (Å²) in [6.45, 7) is 9.97. The molecule has 0 aromatic carbocycles. The third-order valence-electron chi connectivity index (χ3n) is 2.77. The van der Waals surface area contributed by atoms with Gasteiger partial charge in [-0.2, -0.15) is 0 Å². The summed E-state index contributed by atoms with van der Waals surface area (Å²) in [4.78, 5) is 0. The lowest BCUT2D eigenvalue weighted by Gasteiger charge is -2.24. The molecule has 0 radical (unpaired) electrons. The van der Waals surface area contributed by atoms with E-state index >= 15 is 0 Å². The van der Waals surface area contributed by atoms with Crippen LogP contribution < -0.4 is 0 Å². The van der Waals surface area contributed by atoms with Gasteiger partial charge in [0.15, 0.2) is 0 Å². The molecular weight excluding hydrogens is 144 g/mol. The Balaban J connectivity index is 2.92. The van der Waals surface area contributed by atoms with Crippen molar-refractivity contribution in [3.05, 3.63) is 36.5 Å². The molecule has 1 aliphatic carbocycles. The highest BCUT2D eigenvalue weighted by atomic mass is 14.2. The van der Waals surface area contributed by atoms with Crippen LogP contribution in [0.15, 0.2) is 36.5 Å². The van der Waals surface area contributed by atoms with Crippen molar-refractivity contribution in [2.45, 2.75) is 32.6 Å². The zero-order chi connectivity index (χ0) is 8.97. The molecule has 0 saturated carbocycles. The van der Waals surface area contributed by atoms with E-state index in [0.717, 1.165) is 5.92 Å². The Labute approximate surface area is 75.7 Å². The minimum Gasteiger partial charge on any atom is -0.0988 e. The molecule has 0 saturated heterocycles. The fraction of sp³-hybridized carbons (Fsp3) is 0.500. The van der Waals surface area contributed by atoms with Crippen LogP contribution in [-0.2, 0) is 0 Å². The van der Waals surface area contributed by atoms with Gasteiger partial charge in [0, 0.05) is 0 Å². The normalized spacial score (nSPS) is 23.9. The van der Waals surface area contributed by atoms with E-state index in [1.54, 1.807) is 0 Å². The Hall–Kier alpha value is -0.780. The molecule has 1 rings (SSSR count). The zero-order valence-corrected chi connectivity index (χ0v) is 7.97. The van der Waals surface area contributed by atoms with Crippen LogP contribution in [0.3, 0.4) is 0 Å². The summed E-state index contributed by atoms with van der Waals surface area (Å²) >= 11 is 0. The quantitative estimate of drug-likeness (QED) is 0.591. The van der Waals surface area contributed by atoms with Gasteiger partial charge < -0.3 is 0 Å². The van der Waals surface area contributed by atoms with Crippen molar-refractivity contribution in [2.24, 2.45) is 5.92 Å². The Morgan fingerprint density at radius 2 is 2.17 bits per heavy atom. The predicted octanol–water partition coefficient (Wildman–Crippen LogP) is 3.87. The molecule has 0 amide bonds.